The molecule has 0 radical (unpaired) electrons. The number of hydrogen-bond donors (Lipinski definition) is 0. The monoisotopic (exact) mass is 342 g/mol. The summed E-state index contributed by atoms with van der Waals surface area (Å²) in [4.78, 5) is 7.07. The van der Waals surface area contributed by atoms with E-state index in [0.717, 1.165) is 40.5 Å². The van der Waals surface area contributed by atoms with Crippen molar-refractivity contribution in [2.75, 3.05) is 33.0 Å². The minimum absolute atomic E-state index is 0.388. The van der Waals surface area contributed by atoms with Crippen LogP contribution in [0.15, 0.2) is 16.7 Å². The molecule has 0 bridgehead atoms. The molecule has 102 valence electrons. The van der Waals surface area contributed by atoms with E-state index < -0.39 is 0 Å². The lowest BCUT2D eigenvalue weighted by Gasteiger charge is -2.29. The summed E-state index contributed by atoms with van der Waals surface area (Å²) in [5.74, 6) is 1.86. The van der Waals surface area contributed by atoms with Gasteiger partial charge in [-0.05, 0) is 23.0 Å². The van der Waals surface area contributed by atoms with Gasteiger partial charge in [-0.1, -0.05) is 0 Å². The first-order valence-electron chi connectivity index (χ1n) is 6.07. The van der Waals surface area contributed by atoms with Crippen molar-refractivity contribution in [2.24, 2.45) is 0 Å². The molecular formula is C12H15BrN4OS. The Hall–Kier alpha value is -0.790. The molecule has 3 heterocycles. The average Bonchev–Trinajstić information content (AvgIpc) is 2.80. The van der Waals surface area contributed by atoms with Crippen molar-refractivity contribution >= 4 is 33.3 Å². The summed E-state index contributed by atoms with van der Waals surface area (Å²) in [7, 11) is 3.81. The van der Waals surface area contributed by atoms with Gasteiger partial charge in [0.05, 0.1) is 28.7 Å². The first-order valence-corrected chi connectivity index (χ1v) is 7.91. The van der Waals surface area contributed by atoms with E-state index in [9.17, 15) is 0 Å². The lowest BCUT2D eigenvalue weighted by molar-refractivity contribution is 0.344. The highest BCUT2D eigenvalue weighted by atomic mass is 79.9. The van der Waals surface area contributed by atoms with E-state index in [4.69, 9.17) is 9.72 Å². The van der Waals surface area contributed by atoms with Crippen LogP contribution in [0.4, 0.5) is 0 Å². The number of methoxy groups -OCH3 is 1. The third-order valence-corrected chi connectivity index (χ3v) is 5.00. The van der Waals surface area contributed by atoms with Crippen LogP contribution in [0, 0.1) is 0 Å². The Morgan fingerprint density at radius 1 is 1.53 bits per heavy atom. The van der Waals surface area contributed by atoms with Crippen LogP contribution in [0.2, 0.25) is 0 Å². The second kappa shape index (κ2) is 5.30. The summed E-state index contributed by atoms with van der Waals surface area (Å²) >= 11 is 5.43. The number of rotatable bonds is 2. The Labute approximate surface area is 124 Å². The van der Waals surface area contributed by atoms with E-state index in [1.54, 1.807) is 17.8 Å². The van der Waals surface area contributed by atoms with Crippen LogP contribution in [0.3, 0.4) is 0 Å². The molecule has 0 N–H and O–H groups in total. The van der Waals surface area contributed by atoms with Gasteiger partial charge in [0.25, 0.3) is 0 Å². The van der Waals surface area contributed by atoms with E-state index in [0.29, 0.717) is 5.25 Å². The maximum atomic E-state index is 5.42. The van der Waals surface area contributed by atoms with Gasteiger partial charge in [-0.25, -0.2) is 4.98 Å². The maximum Gasteiger partial charge on any atom is 0.218 e. The van der Waals surface area contributed by atoms with E-state index in [1.165, 1.54) is 0 Å². The van der Waals surface area contributed by atoms with Crippen LogP contribution in [-0.2, 0) is 0 Å². The van der Waals surface area contributed by atoms with Gasteiger partial charge in [0.2, 0.25) is 5.88 Å². The number of nitrogens with zero attached hydrogens (tertiary/aromatic N) is 4. The lowest BCUT2D eigenvalue weighted by Crippen LogP contribution is -2.31. The molecule has 1 unspecified atom stereocenters. The quantitative estimate of drug-likeness (QED) is 0.837. The molecule has 7 heteroatoms. The zero-order chi connectivity index (χ0) is 13.4. The molecule has 1 atom stereocenters. The molecule has 1 aliphatic rings. The first-order chi connectivity index (χ1) is 9.19. The minimum Gasteiger partial charge on any atom is -0.481 e. The Bertz CT molecular complexity index is 603. The molecule has 1 saturated heterocycles. The molecular weight excluding hydrogens is 328 g/mol. The largest absolute Gasteiger partial charge is 0.481 e. The van der Waals surface area contributed by atoms with Gasteiger partial charge in [0.15, 0.2) is 5.65 Å². The number of thioether (sulfide) groups is 1. The summed E-state index contributed by atoms with van der Waals surface area (Å²) in [5, 5.41) is 4.64. The standard InChI is InChI=1S/C12H15BrN4OS/c1-16-3-4-19-10(7-16)9-5-11(18-2)17-12(15-9)8(13)6-14-17/h5-6,10H,3-4,7H2,1-2H3. The van der Waals surface area contributed by atoms with Crippen molar-refractivity contribution in [3.63, 3.8) is 0 Å². The normalized spacial score (nSPS) is 20.9. The van der Waals surface area contributed by atoms with Gasteiger partial charge >= 0.3 is 0 Å². The van der Waals surface area contributed by atoms with Gasteiger partial charge in [0, 0.05) is 24.9 Å². The molecule has 2 aromatic rings. The fourth-order valence-corrected chi connectivity index (χ4v) is 3.89. The number of fused-ring (bicyclic) bond motifs is 1. The number of ether oxygens (including phenoxy) is 1. The van der Waals surface area contributed by atoms with Gasteiger partial charge in [0.1, 0.15) is 0 Å². The van der Waals surface area contributed by atoms with Crippen molar-refractivity contribution in [3.05, 3.63) is 22.4 Å². The smallest absolute Gasteiger partial charge is 0.218 e. The SMILES string of the molecule is COc1cc(C2CN(C)CCS2)nc2c(Br)cnn12. The number of hydrogen-bond acceptors (Lipinski definition) is 5. The highest BCUT2D eigenvalue weighted by Gasteiger charge is 2.23. The van der Waals surface area contributed by atoms with Crippen molar-refractivity contribution in [1.29, 1.82) is 0 Å². The molecule has 2 aromatic heterocycles. The Morgan fingerprint density at radius 2 is 2.37 bits per heavy atom. The molecule has 0 aromatic carbocycles. The molecule has 1 fully saturated rings. The van der Waals surface area contributed by atoms with Crippen LogP contribution in [0.5, 0.6) is 5.88 Å². The average molecular weight is 343 g/mol. The van der Waals surface area contributed by atoms with Gasteiger partial charge in [-0.3, -0.25) is 0 Å². The number of halogens is 1. The topological polar surface area (TPSA) is 42.7 Å². The third kappa shape index (κ3) is 2.46. The second-order valence-corrected chi connectivity index (χ2v) is 6.74. The summed E-state index contributed by atoms with van der Waals surface area (Å²) in [6.45, 7) is 2.15. The van der Waals surface area contributed by atoms with Gasteiger partial charge in [-0.15, -0.1) is 11.8 Å². The highest BCUT2D eigenvalue weighted by molar-refractivity contribution is 9.10. The summed E-state index contributed by atoms with van der Waals surface area (Å²) in [6, 6.07) is 1.99. The summed E-state index contributed by atoms with van der Waals surface area (Å²) < 4.78 is 8.02. The molecule has 1 aliphatic heterocycles. The predicted octanol–water partition coefficient (Wildman–Crippen LogP) is 2.22. The van der Waals surface area contributed by atoms with Gasteiger partial charge < -0.3 is 9.64 Å². The summed E-state index contributed by atoms with van der Waals surface area (Å²) in [5.41, 5.74) is 1.87. The zero-order valence-electron chi connectivity index (χ0n) is 10.8. The lowest BCUT2D eigenvalue weighted by atomic mass is 10.2. The van der Waals surface area contributed by atoms with Gasteiger partial charge in [-0.2, -0.15) is 9.61 Å². The molecule has 3 rings (SSSR count). The number of aromatic nitrogens is 3. The maximum absolute atomic E-state index is 5.42. The van der Waals surface area contributed by atoms with Crippen molar-refractivity contribution in [3.8, 4) is 5.88 Å². The zero-order valence-corrected chi connectivity index (χ0v) is 13.2. The molecule has 0 saturated carbocycles. The van der Waals surface area contributed by atoms with E-state index in [-0.39, 0.29) is 0 Å². The first kappa shape index (κ1) is 13.2. The van der Waals surface area contributed by atoms with E-state index in [1.807, 2.05) is 17.8 Å². The molecule has 19 heavy (non-hydrogen) atoms. The molecule has 0 spiro atoms. The number of likely N-dealkylation sites (N-methyl/N-ethyl adjacent to an activating group) is 1. The Balaban J connectivity index is 2.05. The molecule has 0 amide bonds. The van der Waals surface area contributed by atoms with E-state index in [2.05, 4.69) is 33.0 Å². The summed E-state index contributed by atoms with van der Waals surface area (Å²) in [6.07, 6.45) is 1.74. The van der Waals surface area contributed by atoms with Crippen LogP contribution in [0.1, 0.15) is 10.9 Å². The molecule has 5 nitrogen and oxygen atoms in total. The highest BCUT2D eigenvalue weighted by Crippen LogP contribution is 2.34. The fraction of sp³-hybridized carbons (Fsp3) is 0.500. The minimum atomic E-state index is 0.388. The second-order valence-electron chi connectivity index (χ2n) is 4.57. The Morgan fingerprint density at radius 3 is 3.11 bits per heavy atom. The van der Waals surface area contributed by atoms with Crippen molar-refractivity contribution in [1.82, 2.24) is 19.5 Å². The molecule has 0 aliphatic carbocycles. The third-order valence-electron chi connectivity index (χ3n) is 3.22. The Kier molecular flexibility index (Phi) is 3.68. The van der Waals surface area contributed by atoms with Crippen LogP contribution in [0.25, 0.3) is 5.65 Å². The fourth-order valence-electron chi connectivity index (χ4n) is 2.19. The van der Waals surface area contributed by atoms with Crippen molar-refractivity contribution < 1.29 is 4.74 Å². The van der Waals surface area contributed by atoms with Crippen LogP contribution >= 0.6 is 27.7 Å². The van der Waals surface area contributed by atoms with Crippen molar-refractivity contribution in [2.45, 2.75) is 5.25 Å². The van der Waals surface area contributed by atoms with E-state index >= 15 is 0 Å². The van der Waals surface area contributed by atoms with Crippen LogP contribution < -0.4 is 4.74 Å². The predicted molar refractivity (Wildman–Crippen MR) is 79.9 cm³/mol. The van der Waals surface area contributed by atoms with Crippen LogP contribution in [-0.4, -0.2) is 52.5 Å².